The number of nitrogens with zero attached hydrogens (tertiary/aromatic N) is 2. The SMILES string of the molecule is CN=C(NCC(O)c1ccc(Cl)s1)NC1CCCC(C(=O)N(C)C)C1.I. The van der Waals surface area contributed by atoms with Gasteiger partial charge in [-0.2, -0.15) is 0 Å². The van der Waals surface area contributed by atoms with Crippen molar-refractivity contribution in [2.75, 3.05) is 27.7 Å². The van der Waals surface area contributed by atoms with Gasteiger partial charge in [0.1, 0.15) is 6.10 Å². The number of guanidine groups is 1. The van der Waals surface area contributed by atoms with E-state index >= 15 is 0 Å². The predicted octanol–water partition coefficient (Wildman–Crippen LogP) is 2.86. The summed E-state index contributed by atoms with van der Waals surface area (Å²) in [4.78, 5) is 18.9. The van der Waals surface area contributed by atoms with Crippen molar-refractivity contribution < 1.29 is 9.90 Å². The van der Waals surface area contributed by atoms with Crippen LogP contribution in [0.2, 0.25) is 4.34 Å². The summed E-state index contributed by atoms with van der Waals surface area (Å²) in [6.07, 6.45) is 3.15. The summed E-state index contributed by atoms with van der Waals surface area (Å²) in [5, 5.41) is 16.7. The van der Waals surface area contributed by atoms with Crippen LogP contribution < -0.4 is 10.6 Å². The van der Waals surface area contributed by atoms with Gasteiger partial charge in [0.25, 0.3) is 0 Å². The minimum Gasteiger partial charge on any atom is -0.386 e. The lowest BCUT2D eigenvalue weighted by molar-refractivity contribution is -0.134. The van der Waals surface area contributed by atoms with Crippen LogP contribution in [-0.4, -0.2) is 55.6 Å². The number of halogens is 2. The number of thiophene rings is 1. The zero-order valence-electron chi connectivity index (χ0n) is 15.4. The van der Waals surface area contributed by atoms with Gasteiger partial charge >= 0.3 is 0 Å². The van der Waals surface area contributed by atoms with E-state index in [0.717, 1.165) is 30.6 Å². The Morgan fingerprint density at radius 3 is 2.77 bits per heavy atom. The maximum absolute atomic E-state index is 12.2. The van der Waals surface area contributed by atoms with Gasteiger partial charge in [0.05, 0.1) is 4.34 Å². The van der Waals surface area contributed by atoms with Crippen LogP contribution in [0.15, 0.2) is 17.1 Å². The highest BCUT2D eigenvalue weighted by Gasteiger charge is 2.28. The van der Waals surface area contributed by atoms with Crippen molar-refractivity contribution >= 4 is 58.8 Å². The number of nitrogens with one attached hydrogen (secondary N) is 2. The van der Waals surface area contributed by atoms with Crippen molar-refractivity contribution in [3.05, 3.63) is 21.3 Å². The molecule has 1 amide bonds. The molecule has 1 aromatic rings. The van der Waals surface area contributed by atoms with Crippen LogP contribution in [0, 0.1) is 5.92 Å². The van der Waals surface area contributed by atoms with Crippen molar-refractivity contribution in [3.8, 4) is 0 Å². The smallest absolute Gasteiger partial charge is 0.225 e. The molecule has 3 unspecified atom stereocenters. The third-order valence-electron chi connectivity index (χ3n) is 4.41. The van der Waals surface area contributed by atoms with Crippen LogP contribution in [0.1, 0.15) is 36.7 Å². The molecule has 0 aliphatic heterocycles. The molecular weight excluding hydrogens is 487 g/mol. The van der Waals surface area contributed by atoms with Crippen LogP contribution in [0.3, 0.4) is 0 Å². The molecule has 1 saturated carbocycles. The van der Waals surface area contributed by atoms with Crippen LogP contribution in [0.25, 0.3) is 0 Å². The van der Waals surface area contributed by atoms with E-state index in [4.69, 9.17) is 11.6 Å². The molecule has 3 N–H and O–H groups in total. The first kappa shape index (κ1) is 23.5. The average molecular weight is 515 g/mol. The van der Waals surface area contributed by atoms with Gasteiger partial charge < -0.3 is 20.6 Å². The fraction of sp³-hybridized carbons (Fsp3) is 0.647. The Morgan fingerprint density at radius 1 is 1.46 bits per heavy atom. The molecule has 0 spiro atoms. The number of hydrogen-bond acceptors (Lipinski definition) is 4. The van der Waals surface area contributed by atoms with Gasteiger partial charge in [-0.1, -0.05) is 18.0 Å². The van der Waals surface area contributed by atoms with Gasteiger partial charge in [-0.05, 0) is 31.4 Å². The molecule has 0 bridgehead atoms. The van der Waals surface area contributed by atoms with Gasteiger partial charge in [0.15, 0.2) is 5.96 Å². The van der Waals surface area contributed by atoms with Crippen molar-refractivity contribution in [1.82, 2.24) is 15.5 Å². The molecule has 0 saturated heterocycles. The molecule has 6 nitrogen and oxygen atoms in total. The number of rotatable bonds is 5. The second-order valence-corrected chi connectivity index (χ2v) is 8.29. The number of carbonyl (C=O) groups excluding carboxylic acids is 1. The van der Waals surface area contributed by atoms with Crippen LogP contribution in [0.5, 0.6) is 0 Å². The Kier molecular flexibility index (Phi) is 10.2. The lowest BCUT2D eigenvalue weighted by atomic mass is 9.85. The van der Waals surface area contributed by atoms with Crippen molar-refractivity contribution in [2.45, 2.75) is 37.8 Å². The predicted molar refractivity (Wildman–Crippen MR) is 119 cm³/mol. The first-order valence-corrected chi connectivity index (χ1v) is 9.71. The van der Waals surface area contributed by atoms with E-state index in [1.807, 2.05) is 6.07 Å². The summed E-state index contributed by atoms with van der Waals surface area (Å²) in [6, 6.07) is 3.82. The monoisotopic (exact) mass is 514 g/mol. The van der Waals surface area contributed by atoms with Gasteiger partial charge in [-0.15, -0.1) is 35.3 Å². The van der Waals surface area contributed by atoms with Crippen LogP contribution in [-0.2, 0) is 4.79 Å². The minimum atomic E-state index is -0.634. The molecule has 1 aromatic heterocycles. The van der Waals surface area contributed by atoms with E-state index in [0.29, 0.717) is 16.8 Å². The second kappa shape index (κ2) is 11.3. The summed E-state index contributed by atoms with van der Waals surface area (Å²) < 4.78 is 0.662. The molecule has 1 fully saturated rings. The second-order valence-electron chi connectivity index (χ2n) is 6.55. The van der Waals surface area contributed by atoms with Gasteiger partial charge in [0, 0.05) is 44.5 Å². The third kappa shape index (κ3) is 6.86. The van der Waals surface area contributed by atoms with E-state index in [1.165, 1.54) is 11.3 Å². The number of amides is 1. The Bertz CT molecular complexity index is 611. The molecule has 1 aliphatic rings. The van der Waals surface area contributed by atoms with Crippen LogP contribution in [0.4, 0.5) is 0 Å². The summed E-state index contributed by atoms with van der Waals surface area (Å²) in [5.74, 6) is 0.905. The molecule has 0 radical (unpaired) electrons. The van der Waals surface area contributed by atoms with Gasteiger partial charge in [0.2, 0.25) is 5.91 Å². The highest BCUT2D eigenvalue weighted by atomic mass is 127. The van der Waals surface area contributed by atoms with Crippen molar-refractivity contribution in [3.63, 3.8) is 0 Å². The third-order valence-corrected chi connectivity index (χ3v) is 5.75. The fourth-order valence-corrected chi connectivity index (χ4v) is 4.15. The van der Waals surface area contributed by atoms with E-state index < -0.39 is 6.10 Å². The number of carbonyl (C=O) groups is 1. The highest BCUT2D eigenvalue weighted by molar-refractivity contribution is 14.0. The lowest BCUT2D eigenvalue weighted by Crippen LogP contribution is -2.47. The lowest BCUT2D eigenvalue weighted by Gasteiger charge is -2.31. The molecule has 2 rings (SSSR count). The summed E-state index contributed by atoms with van der Waals surface area (Å²) >= 11 is 7.27. The highest BCUT2D eigenvalue weighted by Crippen LogP contribution is 2.27. The van der Waals surface area contributed by atoms with E-state index in [-0.39, 0.29) is 41.8 Å². The zero-order valence-corrected chi connectivity index (χ0v) is 19.3. The Hall–Kier alpha value is -0.580. The van der Waals surface area contributed by atoms with Gasteiger partial charge in [-0.25, -0.2) is 0 Å². The summed E-state index contributed by atoms with van der Waals surface area (Å²) in [5.41, 5.74) is 0. The number of aliphatic hydroxyl groups is 1. The molecule has 1 aliphatic carbocycles. The summed E-state index contributed by atoms with van der Waals surface area (Å²) in [7, 11) is 5.31. The zero-order chi connectivity index (χ0) is 18.4. The first-order chi connectivity index (χ1) is 11.9. The van der Waals surface area contributed by atoms with E-state index in [9.17, 15) is 9.90 Å². The van der Waals surface area contributed by atoms with Crippen molar-refractivity contribution in [1.29, 1.82) is 0 Å². The molecule has 148 valence electrons. The Labute approximate surface area is 181 Å². The molecule has 9 heteroatoms. The average Bonchev–Trinajstić information content (AvgIpc) is 3.04. The topological polar surface area (TPSA) is 77.0 Å². The molecular formula is C17H28ClIN4O2S. The first-order valence-electron chi connectivity index (χ1n) is 8.52. The van der Waals surface area contributed by atoms with E-state index in [1.54, 1.807) is 32.1 Å². The molecule has 3 atom stereocenters. The number of hydrogen-bond donors (Lipinski definition) is 3. The maximum atomic E-state index is 12.2. The van der Waals surface area contributed by atoms with Gasteiger partial charge in [-0.3, -0.25) is 9.79 Å². The Morgan fingerprint density at radius 2 is 2.19 bits per heavy atom. The quantitative estimate of drug-likeness (QED) is 0.321. The minimum absolute atomic E-state index is 0. The van der Waals surface area contributed by atoms with Crippen molar-refractivity contribution in [2.24, 2.45) is 10.9 Å². The molecule has 26 heavy (non-hydrogen) atoms. The standard InChI is InChI=1S/C17H27ClN4O2S.HI/c1-19-17(20-10-13(23)14-7-8-15(18)25-14)21-12-6-4-5-11(9-12)16(24)22(2)3;/h7-8,11-13,23H,4-6,9-10H2,1-3H3,(H2,19,20,21);1H. The normalized spacial score (nSPS) is 21.5. The maximum Gasteiger partial charge on any atom is 0.225 e. The number of aliphatic hydroxyl groups excluding tert-OH is 1. The fourth-order valence-electron chi connectivity index (χ4n) is 3.10. The largest absolute Gasteiger partial charge is 0.386 e. The molecule has 0 aromatic carbocycles. The van der Waals surface area contributed by atoms with E-state index in [2.05, 4.69) is 15.6 Å². The molecule has 1 heterocycles. The summed E-state index contributed by atoms with van der Waals surface area (Å²) in [6.45, 7) is 0.350. The van der Waals surface area contributed by atoms with Crippen LogP contribution >= 0.6 is 46.9 Å². The Balaban J connectivity index is 0.00000338. The number of aliphatic imine (C=N–C) groups is 1.